The molecule has 3 heteroatoms. The van der Waals surface area contributed by atoms with Gasteiger partial charge in [0.2, 0.25) is 0 Å². The molecule has 1 rings (SSSR count). The maximum absolute atomic E-state index is 4.41. The Morgan fingerprint density at radius 2 is 2.06 bits per heavy atom. The molecular formula is C13H25N3. The molecule has 0 fully saturated rings. The normalized spacial score (nSPS) is 11.8. The van der Waals surface area contributed by atoms with Gasteiger partial charge in [-0.3, -0.25) is 4.68 Å². The van der Waals surface area contributed by atoms with Crippen molar-refractivity contribution in [3.05, 3.63) is 11.9 Å². The van der Waals surface area contributed by atoms with E-state index < -0.39 is 0 Å². The Labute approximate surface area is 99.2 Å². The number of aromatic nitrogens is 2. The molecule has 1 aromatic rings. The van der Waals surface area contributed by atoms with Crippen LogP contribution in [0.2, 0.25) is 0 Å². The summed E-state index contributed by atoms with van der Waals surface area (Å²) in [4.78, 5) is 0. The Morgan fingerprint density at radius 3 is 2.62 bits per heavy atom. The fourth-order valence-electron chi connectivity index (χ4n) is 1.51. The minimum Gasteiger partial charge on any atom is -0.382 e. The molecule has 0 amide bonds. The van der Waals surface area contributed by atoms with Crippen LogP contribution >= 0.6 is 0 Å². The molecule has 16 heavy (non-hydrogen) atoms. The van der Waals surface area contributed by atoms with Crippen LogP contribution in [-0.4, -0.2) is 16.3 Å². The van der Waals surface area contributed by atoms with Gasteiger partial charge in [-0.1, -0.05) is 34.1 Å². The fraction of sp³-hybridized carbons (Fsp3) is 0.769. The summed E-state index contributed by atoms with van der Waals surface area (Å²) < 4.78 is 2.09. The van der Waals surface area contributed by atoms with Gasteiger partial charge in [0.05, 0.1) is 17.6 Å². The first kappa shape index (κ1) is 13.1. The molecule has 0 aliphatic heterocycles. The van der Waals surface area contributed by atoms with Crippen LogP contribution < -0.4 is 5.32 Å². The first-order chi connectivity index (χ1) is 7.44. The largest absolute Gasteiger partial charge is 0.382 e. The van der Waals surface area contributed by atoms with Crippen LogP contribution in [0.25, 0.3) is 0 Å². The van der Waals surface area contributed by atoms with Gasteiger partial charge in [-0.15, -0.1) is 0 Å². The van der Waals surface area contributed by atoms with Gasteiger partial charge in [0.25, 0.3) is 0 Å². The van der Waals surface area contributed by atoms with Crippen LogP contribution in [0.3, 0.4) is 0 Å². The molecule has 92 valence electrons. The number of rotatable bonds is 5. The van der Waals surface area contributed by atoms with Crippen molar-refractivity contribution in [2.75, 3.05) is 11.9 Å². The highest BCUT2D eigenvalue weighted by molar-refractivity contribution is 5.45. The monoisotopic (exact) mass is 223 g/mol. The fourth-order valence-corrected chi connectivity index (χ4v) is 1.51. The molecule has 3 nitrogen and oxygen atoms in total. The van der Waals surface area contributed by atoms with Gasteiger partial charge >= 0.3 is 0 Å². The van der Waals surface area contributed by atoms with Crippen molar-refractivity contribution >= 4 is 5.69 Å². The topological polar surface area (TPSA) is 29.9 Å². The lowest BCUT2D eigenvalue weighted by Crippen LogP contribution is -2.19. The Hall–Kier alpha value is -0.990. The molecular weight excluding hydrogens is 198 g/mol. The second-order valence-electron chi connectivity index (χ2n) is 5.63. The van der Waals surface area contributed by atoms with Crippen molar-refractivity contribution in [2.45, 2.75) is 54.0 Å². The zero-order chi connectivity index (χ0) is 12.2. The predicted octanol–water partition coefficient (Wildman–Crippen LogP) is 3.45. The SMILES string of the molecule is CCCCn1ncc(NCC(C)(C)C)c1C. The number of anilines is 1. The molecule has 0 bridgehead atoms. The summed E-state index contributed by atoms with van der Waals surface area (Å²) in [5.74, 6) is 0. The molecule has 1 heterocycles. The third-order valence-electron chi connectivity index (χ3n) is 2.64. The second-order valence-corrected chi connectivity index (χ2v) is 5.63. The first-order valence-corrected chi connectivity index (χ1v) is 6.20. The molecule has 1 N–H and O–H groups in total. The van der Waals surface area contributed by atoms with E-state index in [1.54, 1.807) is 0 Å². The van der Waals surface area contributed by atoms with Crippen LogP contribution in [0.1, 0.15) is 46.2 Å². The third-order valence-corrected chi connectivity index (χ3v) is 2.64. The lowest BCUT2D eigenvalue weighted by atomic mass is 9.97. The Kier molecular flexibility index (Phi) is 4.39. The molecule has 0 spiro atoms. The Balaban J connectivity index is 2.58. The van der Waals surface area contributed by atoms with E-state index in [0.717, 1.165) is 13.1 Å². The number of nitrogens with zero attached hydrogens (tertiary/aromatic N) is 2. The van der Waals surface area contributed by atoms with Crippen LogP contribution in [0.4, 0.5) is 5.69 Å². The van der Waals surface area contributed by atoms with Crippen molar-refractivity contribution < 1.29 is 0 Å². The number of hydrogen-bond acceptors (Lipinski definition) is 2. The number of aryl methyl sites for hydroxylation is 1. The van der Waals surface area contributed by atoms with Crippen LogP contribution in [0, 0.1) is 12.3 Å². The third kappa shape index (κ3) is 3.87. The molecule has 0 aromatic carbocycles. The Bertz CT molecular complexity index is 320. The van der Waals surface area contributed by atoms with Gasteiger partial charge in [-0.25, -0.2) is 0 Å². The lowest BCUT2D eigenvalue weighted by molar-refractivity contribution is 0.443. The molecule has 0 saturated heterocycles. The van der Waals surface area contributed by atoms with Crippen LogP contribution in [0.15, 0.2) is 6.20 Å². The molecule has 0 radical (unpaired) electrons. The highest BCUT2D eigenvalue weighted by Crippen LogP contribution is 2.18. The smallest absolute Gasteiger partial charge is 0.0756 e. The van der Waals surface area contributed by atoms with Crippen molar-refractivity contribution in [3.8, 4) is 0 Å². The number of nitrogens with one attached hydrogen (secondary N) is 1. The van der Waals surface area contributed by atoms with E-state index in [-0.39, 0.29) is 0 Å². The van der Waals surface area contributed by atoms with Gasteiger partial charge in [0.15, 0.2) is 0 Å². The van der Waals surface area contributed by atoms with Crippen molar-refractivity contribution in [1.29, 1.82) is 0 Å². The summed E-state index contributed by atoms with van der Waals surface area (Å²) in [5.41, 5.74) is 2.72. The summed E-state index contributed by atoms with van der Waals surface area (Å²) >= 11 is 0. The van der Waals surface area contributed by atoms with E-state index in [9.17, 15) is 0 Å². The van der Waals surface area contributed by atoms with E-state index in [1.807, 2.05) is 6.20 Å². The highest BCUT2D eigenvalue weighted by atomic mass is 15.3. The first-order valence-electron chi connectivity index (χ1n) is 6.20. The van der Waals surface area contributed by atoms with Crippen LogP contribution in [-0.2, 0) is 6.54 Å². The summed E-state index contributed by atoms with van der Waals surface area (Å²) in [5, 5.41) is 7.87. The van der Waals surface area contributed by atoms with Crippen LogP contribution in [0.5, 0.6) is 0 Å². The van der Waals surface area contributed by atoms with Crippen molar-refractivity contribution in [1.82, 2.24) is 9.78 Å². The van der Waals surface area contributed by atoms with E-state index in [2.05, 4.69) is 49.7 Å². The molecule has 0 aliphatic carbocycles. The van der Waals surface area contributed by atoms with Gasteiger partial charge in [0.1, 0.15) is 0 Å². The van der Waals surface area contributed by atoms with Crippen molar-refractivity contribution in [3.63, 3.8) is 0 Å². The standard InChI is InChI=1S/C13H25N3/c1-6-7-8-16-11(2)12(9-15-16)14-10-13(3,4)5/h9,14H,6-8,10H2,1-5H3. The van der Waals surface area contributed by atoms with Gasteiger partial charge in [-0.2, -0.15) is 5.10 Å². The van der Waals surface area contributed by atoms with E-state index >= 15 is 0 Å². The highest BCUT2D eigenvalue weighted by Gasteiger charge is 2.12. The second kappa shape index (κ2) is 5.37. The summed E-state index contributed by atoms with van der Waals surface area (Å²) in [6.07, 6.45) is 4.35. The molecule has 0 aliphatic rings. The van der Waals surface area contributed by atoms with Gasteiger partial charge in [-0.05, 0) is 18.8 Å². The number of unbranched alkanes of at least 4 members (excludes halogenated alkanes) is 1. The lowest BCUT2D eigenvalue weighted by Gasteiger charge is -2.19. The summed E-state index contributed by atoms with van der Waals surface area (Å²) in [6.45, 7) is 13.0. The van der Waals surface area contributed by atoms with E-state index in [1.165, 1.54) is 24.2 Å². The quantitative estimate of drug-likeness (QED) is 0.828. The zero-order valence-electron chi connectivity index (χ0n) is 11.3. The number of hydrogen-bond donors (Lipinski definition) is 1. The average Bonchev–Trinajstić information content (AvgIpc) is 2.53. The zero-order valence-corrected chi connectivity index (χ0v) is 11.3. The average molecular weight is 223 g/mol. The molecule has 0 unspecified atom stereocenters. The minimum atomic E-state index is 0.304. The molecule has 0 saturated carbocycles. The summed E-state index contributed by atoms with van der Waals surface area (Å²) in [7, 11) is 0. The minimum absolute atomic E-state index is 0.304. The molecule has 0 atom stereocenters. The maximum Gasteiger partial charge on any atom is 0.0756 e. The predicted molar refractivity (Wildman–Crippen MR) is 69.8 cm³/mol. The Morgan fingerprint density at radius 1 is 1.38 bits per heavy atom. The maximum atomic E-state index is 4.41. The molecule has 1 aromatic heterocycles. The van der Waals surface area contributed by atoms with Crippen molar-refractivity contribution in [2.24, 2.45) is 5.41 Å². The summed E-state index contributed by atoms with van der Waals surface area (Å²) in [6, 6.07) is 0. The van der Waals surface area contributed by atoms with E-state index in [4.69, 9.17) is 0 Å². The van der Waals surface area contributed by atoms with Gasteiger partial charge < -0.3 is 5.32 Å². The van der Waals surface area contributed by atoms with E-state index in [0.29, 0.717) is 5.41 Å². The van der Waals surface area contributed by atoms with Gasteiger partial charge in [0, 0.05) is 13.1 Å².